The van der Waals surface area contributed by atoms with Crippen molar-refractivity contribution in [3.05, 3.63) is 64.4 Å². The number of nitrogens with zero attached hydrogens (tertiary/aromatic N) is 1. The average molecular weight is 347 g/mol. The number of aromatic nitrogens is 1. The average Bonchev–Trinajstić information content (AvgIpc) is 2.54. The largest absolute Gasteiger partial charge is 0.390 e. The molecule has 0 aliphatic carbocycles. The summed E-state index contributed by atoms with van der Waals surface area (Å²) in [4.78, 5) is 16.5. The molecule has 0 radical (unpaired) electrons. The van der Waals surface area contributed by atoms with Gasteiger partial charge in [-0.15, -0.1) is 0 Å². The van der Waals surface area contributed by atoms with E-state index in [0.29, 0.717) is 23.7 Å². The molecule has 2 rings (SSSR count). The first kappa shape index (κ1) is 18.4. The van der Waals surface area contributed by atoms with E-state index in [4.69, 9.17) is 16.7 Å². The summed E-state index contributed by atoms with van der Waals surface area (Å²) in [6.45, 7) is 4.41. The summed E-state index contributed by atoms with van der Waals surface area (Å²) in [6, 6.07) is 13.1. The molecule has 0 unspecified atom stereocenters. The van der Waals surface area contributed by atoms with Crippen LogP contribution in [-0.2, 0) is 24.4 Å². The lowest BCUT2D eigenvalue weighted by Gasteiger charge is -2.24. The van der Waals surface area contributed by atoms with E-state index in [2.05, 4.69) is 24.1 Å². The van der Waals surface area contributed by atoms with Crippen LogP contribution in [-0.4, -0.2) is 16.0 Å². The third kappa shape index (κ3) is 5.95. The minimum atomic E-state index is -0.154. The van der Waals surface area contributed by atoms with Gasteiger partial charge in [0.15, 0.2) is 0 Å². The van der Waals surface area contributed by atoms with Crippen LogP contribution < -0.4 is 5.32 Å². The molecule has 2 aromatic rings. The first-order valence-corrected chi connectivity index (χ1v) is 8.32. The highest BCUT2D eigenvalue weighted by Crippen LogP contribution is 2.26. The van der Waals surface area contributed by atoms with Gasteiger partial charge in [0, 0.05) is 11.4 Å². The third-order valence-corrected chi connectivity index (χ3v) is 3.98. The molecule has 0 spiro atoms. The SMILES string of the molecule is CC(C)(CC(=O)NCc1cccc(CO)n1)Cc1ccc(Cl)cc1. The Hall–Kier alpha value is -1.91. The Bertz CT molecular complexity index is 684. The Labute approximate surface area is 147 Å². The van der Waals surface area contributed by atoms with E-state index >= 15 is 0 Å². The number of aliphatic hydroxyl groups is 1. The second-order valence-corrected chi connectivity index (χ2v) is 7.14. The van der Waals surface area contributed by atoms with Gasteiger partial charge in [0.2, 0.25) is 5.91 Å². The molecule has 1 heterocycles. The summed E-state index contributed by atoms with van der Waals surface area (Å²) in [6.07, 6.45) is 1.23. The van der Waals surface area contributed by atoms with Crippen LogP contribution >= 0.6 is 11.6 Å². The highest BCUT2D eigenvalue weighted by molar-refractivity contribution is 6.30. The zero-order chi connectivity index (χ0) is 17.6. The lowest BCUT2D eigenvalue weighted by molar-refractivity contribution is -0.123. The molecule has 0 saturated carbocycles. The summed E-state index contributed by atoms with van der Waals surface area (Å²) < 4.78 is 0. The number of benzene rings is 1. The number of hydrogen-bond acceptors (Lipinski definition) is 3. The number of aliphatic hydroxyl groups excluding tert-OH is 1. The molecule has 0 atom stereocenters. The molecule has 4 nitrogen and oxygen atoms in total. The Morgan fingerprint density at radius 2 is 1.83 bits per heavy atom. The van der Waals surface area contributed by atoms with Crippen LogP contribution in [0.15, 0.2) is 42.5 Å². The summed E-state index contributed by atoms with van der Waals surface area (Å²) in [5, 5.41) is 12.7. The van der Waals surface area contributed by atoms with Crippen LogP contribution in [0.3, 0.4) is 0 Å². The monoisotopic (exact) mass is 346 g/mol. The van der Waals surface area contributed by atoms with E-state index in [1.54, 1.807) is 6.07 Å². The normalized spacial score (nSPS) is 11.3. The molecular weight excluding hydrogens is 324 g/mol. The van der Waals surface area contributed by atoms with Gasteiger partial charge in [-0.25, -0.2) is 0 Å². The van der Waals surface area contributed by atoms with Gasteiger partial charge in [-0.1, -0.05) is 43.6 Å². The van der Waals surface area contributed by atoms with Gasteiger partial charge < -0.3 is 10.4 Å². The molecule has 0 bridgehead atoms. The van der Waals surface area contributed by atoms with Crippen LogP contribution in [0.2, 0.25) is 5.02 Å². The van der Waals surface area contributed by atoms with E-state index in [0.717, 1.165) is 17.7 Å². The maximum Gasteiger partial charge on any atom is 0.220 e. The predicted molar refractivity (Wildman–Crippen MR) is 95.6 cm³/mol. The molecule has 0 aliphatic heterocycles. The second-order valence-electron chi connectivity index (χ2n) is 6.70. The summed E-state index contributed by atoms with van der Waals surface area (Å²) in [7, 11) is 0. The molecule has 0 saturated heterocycles. The van der Waals surface area contributed by atoms with E-state index in [1.807, 2.05) is 36.4 Å². The molecule has 0 fully saturated rings. The quantitative estimate of drug-likeness (QED) is 0.806. The number of hydrogen-bond donors (Lipinski definition) is 2. The number of halogens is 1. The van der Waals surface area contributed by atoms with Crippen molar-refractivity contribution in [1.82, 2.24) is 10.3 Å². The molecular formula is C19H23ClN2O2. The zero-order valence-corrected chi connectivity index (χ0v) is 14.8. The van der Waals surface area contributed by atoms with Crippen molar-refractivity contribution in [2.75, 3.05) is 0 Å². The van der Waals surface area contributed by atoms with Crippen molar-refractivity contribution in [3.8, 4) is 0 Å². The lowest BCUT2D eigenvalue weighted by atomic mass is 9.82. The Balaban J connectivity index is 1.86. The maximum absolute atomic E-state index is 12.2. The second kappa shape index (κ2) is 8.27. The number of carbonyl (C=O) groups is 1. The minimum absolute atomic E-state index is 0.00911. The predicted octanol–water partition coefficient (Wildman–Crippen LogP) is 3.50. The Kier molecular flexibility index (Phi) is 6.35. The first-order valence-electron chi connectivity index (χ1n) is 7.95. The zero-order valence-electron chi connectivity index (χ0n) is 14.1. The van der Waals surface area contributed by atoms with Gasteiger partial charge in [-0.05, 0) is 41.7 Å². The van der Waals surface area contributed by atoms with Crippen molar-refractivity contribution in [2.45, 2.75) is 39.8 Å². The van der Waals surface area contributed by atoms with Crippen molar-refractivity contribution >= 4 is 17.5 Å². The molecule has 5 heteroatoms. The van der Waals surface area contributed by atoms with Crippen molar-refractivity contribution < 1.29 is 9.90 Å². The fourth-order valence-corrected chi connectivity index (χ4v) is 2.75. The topological polar surface area (TPSA) is 62.2 Å². The highest BCUT2D eigenvalue weighted by Gasteiger charge is 2.22. The molecule has 24 heavy (non-hydrogen) atoms. The summed E-state index contributed by atoms with van der Waals surface area (Å²) in [5.74, 6) is -0.00911. The van der Waals surface area contributed by atoms with E-state index < -0.39 is 0 Å². The molecule has 1 amide bonds. The number of nitrogens with one attached hydrogen (secondary N) is 1. The fourth-order valence-electron chi connectivity index (χ4n) is 2.62. The number of carbonyl (C=O) groups excluding carboxylic acids is 1. The molecule has 2 N–H and O–H groups in total. The van der Waals surface area contributed by atoms with Gasteiger partial charge in [0.25, 0.3) is 0 Å². The molecule has 1 aromatic heterocycles. The minimum Gasteiger partial charge on any atom is -0.390 e. The summed E-state index contributed by atoms with van der Waals surface area (Å²) in [5.41, 5.74) is 2.35. The van der Waals surface area contributed by atoms with Gasteiger partial charge in [0.05, 0.1) is 24.5 Å². The van der Waals surface area contributed by atoms with Crippen LogP contribution in [0.5, 0.6) is 0 Å². The maximum atomic E-state index is 12.2. The van der Waals surface area contributed by atoms with Crippen molar-refractivity contribution in [3.63, 3.8) is 0 Å². The van der Waals surface area contributed by atoms with Gasteiger partial charge >= 0.3 is 0 Å². The lowest BCUT2D eigenvalue weighted by Crippen LogP contribution is -2.30. The fraction of sp³-hybridized carbons (Fsp3) is 0.368. The van der Waals surface area contributed by atoms with Gasteiger partial charge in [0.1, 0.15) is 0 Å². The van der Waals surface area contributed by atoms with Gasteiger partial charge in [-0.2, -0.15) is 0 Å². The van der Waals surface area contributed by atoms with Crippen LogP contribution in [0.1, 0.15) is 37.2 Å². The standard InChI is InChI=1S/C19H23ClN2O2/c1-19(2,10-14-6-8-15(20)9-7-14)11-18(24)21-12-16-4-3-5-17(13-23)22-16/h3-9,23H,10-13H2,1-2H3,(H,21,24). The highest BCUT2D eigenvalue weighted by atomic mass is 35.5. The first-order chi connectivity index (χ1) is 11.4. The van der Waals surface area contributed by atoms with Crippen LogP contribution in [0.4, 0.5) is 0 Å². The van der Waals surface area contributed by atoms with E-state index in [9.17, 15) is 4.79 Å². The molecule has 0 aliphatic rings. The van der Waals surface area contributed by atoms with Crippen LogP contribution in [0, 0.1) is 5.41 Å². The summed E-state index contributed by atoms with van der Waals surface area (Å²) >= 11 is 5.90. The van der Waals surface area contributed by atoms with Gasteiger partial charge in [-0.3, -0.25) is 9.78 Å². The van der Waals surface area contributed by atoms with Crippen LogP contribution in [0.25, 0.3) is 0 Å². The smallest absolute Gasteiger partial charge is 0.220 e. The number of amides is 1. The third-order valence-electron chi connectivity index (χ3n) is 3.73. The van der Waals surface area contributed by atoms with Crippen molar-refractivity contribution in [2.24, 2.45) is 5.41 Å². The Morgan fingerprint density at radius 3 is 2.50 bits per heavy atom. The van der Waals surface area contributed by atoms with Crippen molar-refractivity contribution in [1.29, 1.82) is 0 Å². The number of rotatable bonds is 7. The number of pyridine rings is 1. The molecule has 128 valence electrons. The van der Waals surface area contributed by atoms with E-state index in [-0.39, 0.29) is 17.9 Å². The Morgan fingerprint density at radius 1 is 1.17 bits per heavy atom. The van der Waals surface area contributed by atoms with E-state index in [1.165, 1.54) is 0 Å². The molecule has 1 aromatic carbocycles.